The topological polar surface area (TPSA) is 79.6 Å². The third kappa shape index (κ3) is 6.04. The molecule has 0 aliphatic carbocycles. The molecular weight excluding hydrogens is 402 g/mol. The molecule has 0 bridgehead atoms. The number of hydrogen-bond donors (Lipinski definition) is 1. The van der Waals surface area contributed by atoms with E-state index in [9.17, 15) is 4.79 Å². The standard InChI is InChI=1S/C21H21N5OS2/c1-6-8-19(28-5)15-10-9-14(3)16(11-15)17-12-24-20(13-23-17)25-21(27)18(7-2)29-26-22-4/h1,7-13H,2-5H3,(H,24,25,27)/b18-7+,19-8-,26-22?. The minimum Gasteiger partial charge on any atom is -0.305 e. The Kier molecular flexibility index (Phi) is 8.65. The lowest BCUT2D eigenvalue weighted by molar-refractivity contribution is -0.112. The first-order valence-electron chi connectivity index (χ1n) is 8.61. The summed E-state index contributed by atoms with van der Waals surface area (Å²) < 4.78 is 3.77. The van der Waals surface area contributed by atoms with Crippen molar-refractivity contribution in [2.24, 2.45) is 9.63 Å². The van der Waals surface area contributed by atoms with Crippen LogP contribution in [0.25, 0.3) is 16.2 Å². The number of carbonyl (C=O) groups is 1. The van der Waals surface area contributed by atoms with E-state index in [4.69, 9.17) is 6.42 Å². The van der Waals surface area contributed by atoms with E-state index >= 15 is 0 Å². The summed E-state index contributed by atoms with van der Waals surface area (Å²) in [4.78, 5) is 22.5. The van der Waals surface area contributed by atoms with E-state index in [0.29, 0.717) is 16.4 Å². The van der Waals surface area contributed by atoms with E-state index in [-0.39, 0.29) is 5.91 Å². The molecule has 1 N–H and O–H groups in total. The maximum atomic E-state index is 12.3. The number of aryl methyl sites for hydroxylation is 1. The van der Waals surface area contributed by atoms with Gasteiger partial charge in [0.25, 0.3) is 5.91 Å². The van der Waals surface area contributed by atoms with Crippen molar-refractivity contribution in [3.05, 3.63) is 58.8 Å². The van der Waals surface area contributed by atoms with Crippen LogP contribution >= 0.6 is 23.7 Å². The van der Waals surface area contributed by atoms with Gasteiger partial charge in [0.05, 0.1) is 23.0 Å². The summed E-state index contributed by atoms with van der Waals surface area (Å²) in [6.07, 6.45) is 14.0. The van der Waals surface area contributed by atoms with Gasteiger partial charge in [-0.2, -0.15) is 5.11 Å². The van der Waals surface area contributed by atoms with Gasteiger partial charge in [0.1, 0.15) is 0 Å². The Labute approximate surface area is 179 Å². The van der Waals surface area contributed by atoms with Crippen LogP contribution in [0.4, 0.5) is 5.82 Å². The Hall–Kier alpha value is -2.89. The average molecular weight is 424 g/mol. The number of nitrogens with zero attached hydrogens (tertiary/aromatic N) is 4. The van der Waals surface area contributed by atoms with Gasteiger partial charge in [0.15, 0.2) is 5.82 Å². The molecule has 0 radical (unpaired) electrons. The van der Waals surface area contributed by atoms with Gasteiger partial charge in [0.2, 0.25) is 0 Å². The van der Waals surface area contributed by atoms with Crippen molar-refractivity contribution in [1.29, 1.82) is 0 Å². The summed E-state index contributed by atoms with van der Waals surface area (Å²) in [6, 6.07) is 6.10. The Morgan fingerprint density at radius 3 is 2.69 bits per heavy atom. The van der Waals surface area contributed by atoms with Crippen LogP contribution in [-0.2, 0) is 4.79 Å². The van der Waals surface area contributed by atoms with E-state index in [2.05, 4.69) is 30.8 Å². The molecule has 1 aromatic heterocycles. The van der Waals surface area contributed by atoms with Gasteiger partial charge < -0.3 is 5.32 Å². The van der Waals surface area contributed by atoms with Gasteiger partial charge in [-0.3, -0.25) is 9.78 Å². The lowest BCUT2D eigenvalue weighted by atomic mass is 10.0. The first-order valence-corrected chi connectivity index (χ1v) is 10.6. The molecule has 148 valence electrons. The van der Waals surface area contributed by atoms with Crippen molar-refractivity contribution in [1.82, 2.24) is 9.97 Å². The predicted molar refractivity (Wildman–Crippen MR) is 123 cm³/mol. The molecule has 0 atom stereocenters. The zero-order valence-electron chi connectivity index (χ0n) is 16.6. The fraction of sp³-hybridized carbons (Fsp3) is 0.190. The second kappa shape index (κ2) is 11.2. The normalized spacial score (nSPS) is 12.1. The summed E-state index contributed by atoms with van der Waals surface area (Å²) in [7, 11) is 1.55. The van der Waals surface area contributed by atoms with Crippen molar-refractivity contribution in [2.75, 3.05) is 18.6 Å². The van der Waals surface area contributed by atoms with Crippen LogP contribution in [-0.4, -0.2) is 29.2 Å². The highest BCUT2D eigenvalue weighted by Crippen LogP contribution is 2.30. The minimum absolute atomic E-state index is 0.311. The number of terminal acetylenes is 1. The highest BCUT2D eigenvalue weighted by atomic mass is 32.2. The summed E-state index contributed by atoms with van der Waals surface area (Å²) in [5.74, 6) is 2.62. The predicted octanol–water partition coefficient (Wildman–Crippen LogP) is 5.36. The average Bonchev–Trinajstić information content (AvgIpc) is 2.74. The molecule has 1 heterocycles. The molecule has 29 heavy (non-hydrogen) atoms. The Morgan fingerprint density at radius 2 is 2.10 bits per heavy atom. The number of rotatable bonds is 7. The molecule has 8 heteroatoms. The van der Waals surface area contributed by atoms with Crippen molar-refractivity contribution in [3.63, 3.8) is 0 Å². The first-order chi connectivity index (χ1) is 14.0. The van der Waals surface area contributed by atoms with Crippen LogP contribution in [0.1, 0.15) is 18.1 Å². The van der Waals surface area contributed by atoms with Crippen LogP contribution in [0, 0.1) is 19.3 Å². The molecule has 6 nitrogen and oxygen atoms in total. The van der Waals surface area contributed by atoms with Gasteiger partial charge in [-0.05, 0) is 37.3 Å². The number of nitrogens with one attached hydrogen (secondary N) is 1. The third-order valence-corrected chi connectivity index (χ3v) is 5.49. The van der Waals surface area contributed by atoms with Crippen LogP contribution in [0.2, 0.25) is 0 Å². The molecule has 2 aromatic rings. The van der Waals surface area contributed by atoms with E-state index in [1.54, 1.807) is 44.1 Å². The smallest absolute Gasteiger partial charge is 0.264 e. The number of benzene rings is 1. The second-order valence-electron chi connectivity index (χ2n) is 5.68. The lowest BCUT2D eigenvalue weighted by Crippen LogP contribution is -2.13. The fourth-order valence-corrected chi connectivity index (χ4v) is 3.36. The number of anilines is 1. The molecule has 1 aromatic carbocycles. The Bertz CT molecular complexity index is 1000. The van der Waals surface area contributed by atoms with Gasteiger partial charge in [-0.25, -0.2) is 4.98 Å². The third-order valence-electron chi connectivity index (χ3n) is 3.83. The SMILES string of the molecule is C#C/C=C(\SC)c1ccc(C)c(-c2cnc(NC(=O)/C(=C\C)SN=NC)cn2)c1. The summed E-state index contributed by atoms with van der Waals surface area (Å²) in [6.45, 7) is 3.77. The number of hydrogen-bond acceptors (Lipinski definition) is 7. The first kappa shape index (κ1) is 22.4. The van der Waals surface area contributed by atoms with Gasteiger partial charge in [-0.1, -0.05) is 24.1 Å². The largest absolute Gasteiger partial charge is 0.305 e. The highest BCUT2D eigenvalue weighted by molar-refractivity contribution is 8.07. The zero-order chi connectivity index (χ0) is 21.2. The monoisotopic (exact) mass is 423 g/mol. The molecule has 0 fully saturated rings. The fourth-order valence-electron chi connectivity index (χ4n) is 2.41. The summed E-state index contributed by atoms with van der Waals surface area (Å²) >= 11 is 2.59. The summed E-state index contributed by atoms with van der Waals surface area (Å²) in [5, 5.41) is 6.34. The van der Waals surface area contributed by atoms with Crippen molar-refractivity contribution < 1.29 is 4.79 Å². The van der Waals surface area contributed by atoms with E-state index in [1.807, 2.05) is 31.4 Å². The molecule has 0 aliphatic heterocycles. The molecule has 0 saturated heterocycles. The van der Waals surface area contributed by atoms with Gasteiger partial charge >= 0.3 is 0 Å². The van der Waals surface area contributed by atoms with Gasteiger partial charge in [-0.15, -0.1) is 22.7 Å². The number of allylic oxidation sites excluding steroid dienone is 2. The van der Waals surface area contributed by atoms with E-state index in [0.717, 1.165) is 33.5 Å². The number of thioether (sulfide) groups is 1. The number of aromatic nitrogens is 2. The number of carbonyl (C=O) groups excluding carboxylic acids is 1. The molecule has 0 unspecified atom stereocenters. The minimum atomic E-state index is -0.311. The van der Waals surface area contributed by atoms with E-state index in [1.165, 1.54) is 6.20 Å². The summed E-state index contributed by atoms with van der Waals surface area (Å²) in [5.41, 5.74) is 3.76. The Morgan fingerprint density at radius 1 is 1.31 bits per heavy atom. The molecule has 2 rings (SSSR count). The van der Waals surface area contributed by atoms with Crippen molar-refractivity contribution in [3.8, 4) is 23.6 Å². The quantitative estimate of drug-likeness (QED) is 0.281. The van der Waals surface area contributed by atoms with Gasteiger partial charge in [0, 0.05) is 35.5 Å². The maximum Gasteiger partial charge on any atom is 0.264 e. The lowest BCUT2D eigenvalue weighted by Gasteiger charge is -2.10. The molecule has 0 spiro atoms. The van der Waals surface area contributed by atoms with Crippen LogP contribution in [0.5, 0.6) is 0 Å². The highest BCUT2D eigenvalue weighted by Gasteiger charge is 2.12. The molecule has 0 aliphatic rings. The van der Waals surface area contributed by atoms with E-state index < -0.39 is 0 Å². The van der Waals surface area contributed by atoms with Crippen LogP contribution in [0.15, 0.2) is 57.3 Å². The molecular formula is C21H21N5OS2. The molecule has 1 amide bonds. The zero-order valence-corrected chi connectivity index (χ0v) is 18.3. The van der Waals surface area contributed by atoms with Crippen molar-refractivity contribution >= 4 is 40.3 Å². The second-order valence-corrected chi connectivity index (χ2v) is 7.31. The number of amides is 1. The maximum absolute atomic E-state index is 12.3. The van der Waals surface area contributed by atoms with Crippen LogP contribution in [0.3, 0.4) is 0 Å². The van der Waals surface area contributed by atoms with Crippen molar-refractivity contribution in [2.45, 2.75) is 13.8 Å². The molecule has 0 saturated carbocycles. The van der Waals surface area contributed by atoms with Crippen LogP contribution < -0.4 is 5.32 Å². The Balaban J connectivity index is 2.25.